The summed E-state index contributed by atoms with van der Waals surface area (Å²) < 4.78 is 5.71. The molecule has 18 heavy (non-hydrogen) atoms. The van der Waals surface area contributed by atoms with Crippen LogP contribution in [0.1, 0.15) is 66.7 Å². The molecule has 0 heterocycles. The lowest BCUT2D eigenvalue weighted by Crippen LogP contribution is -2.44. The average Bonchev–Trinajstić information content (AvgIpc) is 2.28. The Kier molecular flexibility index (Phi) is 9.05. The van der Waals surface area contributed by atoms with E-state index in [-0.39, 0.29) is 0 Å². The largest absolute Gasteiger partial charge is 0.379 e. The summed E-state index contributed by atoms with van der Waals surface area (Å²) in [5.74, 6) is 0. The molecule has 2 atom stereocenters. The summed E-state index contributed by atoms with van der Waals surface area (Å²) >= 11 is 0. The van der Waals surface area contributed by atoms with E-state index in [0.717, 1.165) is 32.3 Å². The average molecular weight is 254 g/mol. The lowest BCUT2D eigenvalue weighted by molar-refractivity contribution is 0.0565. The normalized spacial score (nSPS) is 16.3. The molecule has 0 rings (SSSR count). The summed E-state index contributed by atoms with van der Waals surface area (Å²) in [6, 6.07) is 2.72. The first-order chi connectivity index (χ1) is 8.43. The molecule has 3 heteroatoms. The van der Waals surface area contributed by atoms with Gasteiger partial charge in [0.1, 0.15) is 5.54 Å². The molecule has 106 valence electrons. The molecule has 0 fully saturated rings. The summed E-state index contributed by atoms with van der Waals surface area (Å²) in [6.45, 7) is 11.2. The zero-order valence-electron chi connectivity index (χ0n) is 12.8. The van der Waals surface area contributed by atoms with Crippen LogP contribution in [0.15, 0.2) is 0 Å². The van der Waals surface area contributed by atoms with E-state index in [4.69, 9.17) is 4.74 Å². The molecule has 0 aromatic heterocycles. The Bertz CT molecular complexity index is 247. The summed E-state index contributed by atoms with van der Waals surface area (Å²) in [5, 5.41) is 12.5. The van der Waals surface area contributed by atoms with E-state index in [1.807, 2.05) is 6.92 Å². The Morgan fingerprint density at radius 1 is 1.28 bits per heavy atom. The first-order valence-electron chi connectivity index (χ1n) is 7.24. The Morgan fingerprint density at radius 2 is 1.94 bits per heavy atom. The Labute approximate surface area is 113 Å². The summed E-state index contributed by atoms with van der Waals surface area (Å²) in [4.78, 5) is 0. The van der Waals surface area contributed by atoms with Crippen molar-refractivity contribution in [3.8, 4) is 6.07 Å². The van der Waals surface area contributed by atoms with Crippen molar-refractivity contribution in [2.45, 2.75) is 84.4 Å². The monoisotopic (exact) mass is 254 g/mol. The second-order valence-electron chi connectivity index (χ2n) is 5.67. The number of ether oxygens (including phenoxy) is 1. The van der Waals surface area contributed by atoms with Gasteiger partial charge in [-0.25, -0.2) is 0 Å². The van der Waals surface area contributed by atoms with Gasteiger partial charge < -0.3 is 4.74 Å². The highest BCUT2D eigenvalue weighted by Crippen LogP contribution is 2.14. The number of rotatable bonds is 10. The molecule has 0 aromatic carbocycles. The van der Waals surface area contributed by atoms with Gasteiger partial charge in [0.15, 0.2) is 0 Å². The second kappa shape index (κ2) is 9.35. The molecule has 0 aliphatic heterocycles. The van der Waals surface area contributed by atoms with E-state index >= 15 is 0 Å². The van der Waals surface area contributed by atoms with Gasteiger partial charge in [0.05, 0.1) is 12.2 Å². The molecule has 0 aliphatic rings. The zero-order valence-corrected chi connectivity index (χ0v) is 12.8. The third-order valence-corrected chi connectivity index (χ3v) is 3.02. The minimum atomic E-state index is -0.400. The molecule has 1 N–H and O–H groups in total. The van der Waals surface area contributed by atoms with Gasteiger partial charge >= 0.3 is 0 Å². The molecule has 0 aromatic rings. The van der Waals surface area contributed by atoms with Gasteiger partial charge in [-0.1, -0.05) is 13.3 Å². The van der Waals surface area contributed by atoms with Crippen LogP contribution in [0.3, 0.4) is 0 Å². The van der Waals surface area contributed by atoms with Gasteiger partial charge in [-0.2, -0.15) is 5.26 Å². The predicted molar refractivity (Wildman–Crippen MR) is 76.5 cm³/mol. The fourth-order valence-corrected chi connectivity index (χ4v) is 2.15. The minimum absolute atomic E-state index is 0.343. The molecule has 0 amide bonds. The van der Waals surface area contributed by atoms with Crippen molar-refractivity contribution in [1.29, 1.82) is 5.26 Å². The number of nitrogens with one attached hydrogen (secondary N) is 1. The van der Waals surface area contributed by atoms with Crippen LogP contribution in [-0.2, 0) is 4.74 Å². The molecule has 0 bridgehead atoms. The standard InChI is InChI=1S/C15H30N2O/c1-6-9-14(4)18-11-8-7-10-15(5,12-16)17-13(2)3/h13-14,17H,6-11H2,1-5H3. The molecule has 0 saturated heterocycles. The first-order valence-corrected chi connectivity index (χ1v) is 7.24. The smallest absolute Gasteiger partial charge is 0.104 e. The van der Waals surface area contributed by atoms with Crippen LogP contribution in [0.2, 0.25) is 0 Å². The number of nitrogens with zero attached hydrogens (tertiary/aromatic N) is 1. The molecule has 2 unspecified atom stereocenters. The van der Waals surface area contributed by atoms with Crippen LogP contribution in [0.25, 0.3) is 0 Å². The molecular formula is C15H30N2O. The van der Waals surface area contributed by atoms with Crippen LogP contribution in [0.4, 0.5) is 0 Å². The van der Waals surface area contributed by atoms with E-state index in [9.17, 15) is 5.26 Å². The van der Waals surface area contributed by atoms with E-state index in [1.165, 1.54) is 6.42 Å². The number of hydrogen-bond donors (Lipinski definition) is 1. The van der Waals surface area contributed by atoms with Crippen molar-refractivity contribution in [1.82, 2.24) is 5.32 Å². The zero-order chi connectivity index (χ0) is 14.0. The highest BCUT2D eigenvalue weighted by molar-refractivity contribution is 5.04. The fraction of sp³-hybridized carbons (Fsp3) is 0.933. The summed E-state index contributed by atoms with van der Waals surface area (Å²) in [7, 11) is 0. The molecular weight excluding hydrogens is 224 g/mol. The maximum Gasteiger partial charge on any atom is 0.104 e. The topological polar surface area (TPSA) is 45.0 Å². The van der Waals surface area contributed by atoms with Crippen LogP contribution in [-0.4, -0.2) is 24.3 Å². The highest BCUT2D eigenvalue weighted by Gasteiger charge is 2.23. The third kappa shape index (κ3) is 8.49. The van der Waals surface area contributed by atoms with E-state index in [1.54, 1.807) is 0 Å². The van der Waals surface area contributed by atoms with Gasteiger partial charge in [0, 0.05) is 12.6 Å². The Morgan fingerprint density at radius 3 is 2.44 bits per heavy atom. The summed E-state index contributed by atoms with van der Waals surface area (Å²) in [6.07, 6.45) is 5.61. The quantitative estimate of drug-likeness (QED) is 0.605. The lowest BCUT2D eigenvalue weighted by atomic mass is 9.96. The van der Waals surface area contributed by atoms with Crippen molar-refractivity contribution in [2.75, 3.05) is 6.61 Å². The van der Waals surface area contributed by atoms with Crippen molar-refractivity contribution in [2.24, 2.45) is 0 Å². The molecule has 0 saturated carbocycles. The van der Waals surface area contributed by atoms with E-state index < -0.39 is 5.54 Å². The molecule has 0 radical (unpaired) electrons. The van der Waals surface area contributed by atoms with Gasteiger partial charge in [0.2, 0.25) is 0 Å². The SMILES string of the molecule is CCCC(C)OCCCCC(C)(C#N)NC(C)C. The first kappa shape index (κ1) is 17.4. The van der Waals surface area contributed by atoms with E-state index in [2.05, 4.69) is 39.1 Å². The second-order valence-corrected chi connectivity index (χ2v) is 5.67. The van der Waals surface area contributed by atoms with E-state index in [0.29, 0.717) is 12.1 Å². The third-order valence-electron chi connectivity index (χ3n) is 3.02. The van der Waals surface area contributed by atoms with Gasteiger partial charge in [-0.3, -0.25) is 5.32 Å². The maximum absolute atomic E-state index is 9.21. The Hall–Kier alpha value is -0.590. The lowest BCUT2D eigenvalue weighted by Gasteiger charge is -2.25. The molecule has 0 spiro atoms. The summed E-state index contributed by atoms with van der Waals surface area (Å²) in [5.41, 5.74) is -0.400. The Balaban J connectivity index is 3.72. The van der Waals surface area contributed by atoms with Crippen molar-refractivity contribution < 1.29 is 4.74 Å². The van der Waals surface area contributed by atoms with Crippen LogP contribution >= 0.6 is 0 Å². The van der Waals surface area contributed by atoms with Crippen LogP contribution < -0.4 is 5.32 Å². The van der Waals surface area contributed by atoms with Crippen molar-refractivity contribution in [3.05, 3.63) is 0 Å². The van der Waals surface area contributed by atoms with Gasteiger partial charge in [0.25, 0.3) is 0 Å². The van der Waals surface area contributed by atoms with Gasteiger partial charge in [-0.05, 0) is 53.4 Å². The van der Waals surface area contributed by atoms with Gasteiger partial charge in [-0.15, -0.1) is 0 Å². The maximum atomic E-state index is 9.21. The minimum Gasteiger partial charge on any atom is -0.379 e. The predicted octanol–water partition coefficient (Wildman–Crippen LogP) is 3.64. The fourth-order valence-electron chi connectivity index (χ4n) is 2.15. The number of hydrogen-bond acceptors (Lipinski definition) is 3. The highest BCUT2D eigenvalue weighted by atomic mass is 16.5. The number of unbranched alkanes of at least 4 members (excludes halogenated alkanes) is 1. The van der Waals surface area contributed by atoms with Crippen molar-refractivity contribution in [3.63, 3.8) is 0 Å². The van der Waals surface area contributed by atoms with Crippen molar-refractivity contribution >= 4 is 0 Å². The molecule has 3 nitrogen and oxygen atoms in total. The van der Waals surface area contributed by atoms with Crippen LogP contribution in [0.5, 0.6) is 0 Å². The molecule has 0 aliphatic carbocycles. The van der Waals surface area contributed by atoms with Crippen LogP contribution in [0, 0.1) is 11.3 Å². The number of nitriles is 1.